The number of nitrogens with one attached hydrogen (secondary N) is 2. The second-order valence-corrected chi connectivity index (χ2v) is 7.97. The predicted molar refractivity (Wildman–Crippen MR) is 87.8 cm³/mol. The van der Waals surface area contributed by atoms with Crippen LogP contribution in [0.2, 0.25) is 0 Å². The summed E-state index contributed by atoms with van der Waals surface area (Å²) in [5.74, 6) is 0. The molecule has 0 fully saturated rings. The molecule has 2 N–H and O–H groups in total. The highest BCUT2D eigenvalue weighted by molar-refractivity contribution is 9.10. The van der Waals surface area contributed by atoms with Gasteiger partial charge in [0.1, 0.15) is 5.01 Å². The second-order valence-electron chi connectivity index (χ2n) is 4.51. The topological polar surface area (TPSA) is 71.1 Å². The zero-order chi connectivity index (χ0) is 15.5. The first-order chi connectivity index (χ1) is 9.94. The third kappa shape index (κ3) is 4.10. The van der Waals surface area contributed by atoms with Crippen LogP contribution < -0.4 is 10.0 Å². The van der Waals surface area contributed by atoms with Crippen LogP contribution in [0.4, 0.5) is 0 Å². The zero-order valence-electron chi connectivity index (χ0n) is 11.6. The van der Waals surface area contributed by atoms with E-state index in [-0.39, 0.29) is 10.9 Å². The van der Waals surface area contributed by atoms with Gasteiger partial charge in [0.05, 0.1) is 10.9 Å². The van der Waals surface area contributed by atoms with Gasteiger partial charge in [-0.2, -0.15) is 0 Å². The molecule has 0 saturated heterocycles. The number of benzene rings is 1. The van der Waals surface area contributed by atoms with Crippen molar-refractivity contribution in [3.63, 3.8) is 0 Å². The van der Waals surface area contributed by atoms with Crippen molar-refractivity contribution in [2.75, 3.05) is 7.05 Å². The van der Waals surface area contributed by atoms with Crippen LogP contribution in [0.3, 0.4) is 0 Å². The van der Waals surface area contributed by atoms with Gasteiger partial charge >= 0.3 is 0 Å². The molecule has 1 aromatic carbocycles. The van der Waals surface area contributed by atoms with Crippen molar-refractivity contribution in [2.45, 2.75) is 24.4 Å². The van der Waals surface area contributed by atoms with Crippen molar-refractivity contribution >= 4 is 37.3 Å². The number of aromatic nitrogens is 1. The Balaban J connectivity index is 2.23. The summed E-state index contributed by atoms with van der Waals surface area (Å²) >= 11 is 4.75. The summed E-state index contributed by atoms with van der Waals surface area (Å²) < 4.78 is 28.1. The molecule has 0 aliphatic rings. The largest absolute Gasteiger partial charge is 0.316 e. The van der Waals surface area contributed by atoms with E-state index in [2.05, 4.69) is 31.0 Å². The fraction of sp³-hybridized carbons (Fsp3) is 0.308. The lowest BCUT2D eigenvalue weighted by atomic mass is 10.2. The fourth-order valence-corrected chi connectivity index (χ4v) is 4.92. The molecule has 0 bridgehead atoms. The van der Waals surface area contributed by atoms with Gasteiger partial charge < -0.3 is 5.32 Å². The van der Waals surface area contributed by atoms with Crippen LogP contribution in [0, 0.1) is 0 Å². The molecular weight excluding hydrogens is 374 g/mol. The Morgan fingerprint density at radius 2 is 2.19 bits per heavy atom. The van der Waals surface area contributed by atoms with Gasteiger partial charge in [-0.3, -0.25) is 0 Å². The molecule has 5 nitrogen and oxygen atoms in total. The van der Waals surface area contributed by atoms with Crippen LogP contribution in [-0.4, -0.2) is 20.4 Å². The van der Waals surface area contributed by atoms with Gasteiger partial charge in [0.2, 0.25) is 10.0 Å². The summed E-state index contributed by atoms with van der Waals surface area (Å²) in [6.07, 6.45) is 1.66. The lowest BCUT2D eigenvalue weighted by Crippen LogP contribution is -2.27. The normalized spacial score (nSPS) is 13.3. The van der Waals surface area contributed by atoms with Crippen LogP contribution in [0.5, 0.6) is 0 Å². The lowest BCUT2D eigenvalue weighted by molar-refractivity contribution is 0.566. The van der Waals surface area contributed by atoms with Crippen LogP contribution in [0.15, 0.2) is 39.1 Å². The summed E-state index contributed by atoms with van der Waals surface area (Å²) in [6, 6.07) is 4.84. The average molecular weight is 390 g/mol. The summed E-state index contributed by atoms with van der Waals surface area (Å²) in [5.41, 5.74) is 1.01. The van der Waals surface area contributed by atoms with Crippen LogP contribution in [0.25, 0.3) is 0 Å². The van der Waals surface area contributed by atoms with Crippen molar-refractivity contribution < 1.29 is 8.42 Å². The van der Waals surface area contributed by atoms with Gasteiger partial charge in [-0.05, 0) is 47.6 Å². The van der Waals surface area contributed by atoms with Gasteiger partial charge in [-0.1, -0.05) is 6.07 Å². The Kier molecular flexibility index (Phi) is 5.50. The number of hydrogen-bond acceptors (Lipinski definition) is 5. The van der Waals surface area contributed by atoms with E-state index in [4.69, 9.17) is 0 Å². The molecule has 1 unspecified atom stereocenters. The third-order valence-corrected chi connectivity index (χ3v) is 6.30. The first-order valence-corrected chi connectivity index (χ1v) is 9.44. The second kappa shape index (κ2) is 6.97. The quantitative estimate of drug-likeness (QED) is 0.796. The van der Waals surface area contributed by atoms with Crippen molar-refractivity contribution in [2.24, 2.45) is 0 Å². The maximum atomic E-state index is 12.4. The molecule has 1 aromatic heterocycles. The lowest BCUT2D eigenvalue weighted by Gasteiger charge is -2.13. The van der Waals surface area contributed by atoms with Gasteiger partial charge in [0.15, 0.2) is 0 Å². The molecule has 0 aliphatic heterocycles. The Hall–Kier alpha value is -0.800. The van der Waals surface area contributed by atoms with Crippen LogP contribution in [-0.2, 0) is 16.6 Å². The summed E-state index contributed by atoms with van der Waals surface area (Å²) in [6.45, 7) is 2.46. The highest BCUT2D eigenvalue weighted by Crippen LogP contribution is 2.25. The van der Waals surface area contributed by atoms with E-state index < -0.39 is 10.0 Å². The van der Waals surface area contributed by atoms with Crippen molar-refractivity contribution in [3.8, 4) is 0 Å². The van der Waals surface area contributed by atoms with E-state index in [1.54, 1.807) is 31.3 Å². The van der Waals surface area contributed by atoms with E-state index in [0.29, 0.717) is 11.0 Å². The van der Waals surface area contributed by atoms with Crippen LogP contribution >= 0.6 is 27.3 Å². The van der Waals surface area contributed by atoms with Gasteiger partial charge in [0.25, 0.3) is 0 Å². The molecule has 0 saturated carbocycles. The maximum Gasteiger partial charge on any atom is 0.242 e. The average Bonchev–Trinajstić information content (AvgIpc) is 2.92. The minimum Gasteiger partial charge on any atom is -0.316 e. The SMILES string of the molecule is CNCc1ccc(S(=O)(=O)NC(C)c2nccs2)c(Br)c1. The maximum absolute atomic E-state index is 12.4. The Bertz CT molecular complexity index is 702. The van der Waals surface area contributed by atoms with E-state index in [9.17, 15) is 8.42 Å². The van der Waals surface area contributed by atoms with E-state index in [1.807, 2.05) is 12.4 Å². The summed E-state index contributed by atoms with van der Waals surface area (Å²) in [5, 5.41) is 5.59. The monoisotopic (exact) mass is 389 g/mol. The highest BCUT2D eigenvalue weighted by Gasteiger charge is 2.22. The Morgan fingerprint density at radius 3 is 2.76 bits per heavy atom. The van der Waals surface area contributed by atoms with Crippen molar-refractivity contribution in [1.29, 1.82) is 0 Å². The Morgan fingerprint density at radius 1 is 1.43 bits per heavy atom. The standard InChI is InChI=1S/C13H16BrN3O2S2/c1-9(13-16-5-6-20-13)17-21(18,19)12-4-3-10(8-15-2)7-11(12)14/h3-7,9,15,17H,8H2,1-2H3. The highest BCUT2D eigenvalue weighted by atomic mass is 79.9. The molecule has 0 aliphatic carbocycles. The molecular formula is C13H16BrN3O2S2. The van der Waals surface area contributed by atoms with Gasteiger partial charge in [-0.25, -0.2) is 18.1 Å². The van der Waals surface area contributed by atoms with Gasteiger partial charge in [0, 0.05) is 22.6 Å². The molecule has 1 heterocycles. The minimum absolute atomic E-state index is 0.228. The zero-order valence-corrected chi connectivity index (χ0v) is 14.8. The molecule has 21 heavy (non-hydrogen) atoms. The molecule has 0 radical (unpaired) electrons. The molecule has 0 spiro atoms. The molecule has 1 atom stereocenters. The van der Waals surface area contributed by atoms with E-state index in [1.165, 1.54) is 11.3 Å². The molecule has 2 aromatic rings. The minimum atomic E-state index is -3.60. The number of thiazole rings is 1. The number of sulfonamides is 1. The number of halogens is 1. The Labute approximate surface area is 137 Å². The smallest absolute Gasteiger partial charge is 0.242 e. The fourth-order valence-electron chi connectivity index (χ4n) is 1.87. The number of nitrogens with zero attached hydrogens (tertiary/aromatic N) is 1. The summed E-state index contributed by atoms with van der Waals surface area (Å²) in [7, 11) is -1.76. The summed E-state index contributed by atoms with van der Waals surface area (Å²) in [4.78, 5) is 4.35. The third-order valence-electron chi connectivity index (χ3n) is 2.82. The molecule has 0 amide bonds. The van der Waals surface area contributed by atoms with Crippen LogP contribution in [0.1, 0.15) is 23.5 Å². The first kappa shape index (κ1) is 16.6. The van der Waals surface area contributed by atoms with E-state index in [0.717, 1.165) is 10.6 Å². The number of hydrogen-bond donors (Lipinski definition) is 2. The molecule has 8 heteroatoms. The predicted octanol–water partition coefficient (Wildman–Crippen LogP) is 2.66. The van der Waals surface area contributed by atoms with Crippen molar-refractivity contribution in [3.05, 3.63) is 44.8 Å². The van der Waals surface area contributed by atoms with E-state index >= 15 is 0 Å². The number of rotatable bonds is 6. The molecule has 114 valence electrons. The molecule has 2 rings (SSSR count). The van der Waals surface area contributed by atoms with Crippen molar-refractivity contribution in [1.82, 2.24) is 15.0 Å². The first-order valence-electron chi connectivity index (χ1n) is 6.29. The van der Waals surface area contributed by atoms with Gasteiger partial charge in [-0.15, -0.1) is 11.3 Å².